The van der Waals surface area contributed by atoms with Gasteiger partial charge in [0.2, 0.25) is 0 Å². The molecular formula is C12H15BrFNO3. The number of methoxy groups -OCH3 is 1. The molecule has 18 heavy (non-hydrogen) atoms. The van der Waals surface area contributed by atoms with E-state index in [-0.39, 0.29) is 16.1 Å². The fourth-order valence-electron chi connectivity index (χ4n) is 1.40. The first kappa shape index (κ1) is 14.9. The molecule has 0 radical (unpaired) electrons. The predicted octanol–water partition coefficient (Wildman–Crippen LogP) is 2.06. The van der Waals surface area contributed by atoms with Gasteiger partial charge in [-0.05, 0) is 18.6 Å². The Kier molecular flexibility index (Phi) is 6.07. The number of benzene rings is 1. The number of rotatable bonds is 6. The zero-order chi connectivity index (χ0) is 13.5. The minimum Gasteiger partial charge on any atom is -0.507 e. The molecule has 1 atom stereocenters. The maximum absolute atomic E-state index is 12.7. The molecule has 4 nitrogen and oxygen atoms in total. The highest BCUT2D eigenvalue weighted by molar-refractivity contribution is 9.09. The van der Waals surface area contributed by atoms with Crippen LogP contribution in [-0.4, -0.2) is 36.1 Å². The van der Waals surface area contributed by atoms with Gasteiger partial charge in [-0.15, -0.1) is 0 Å². The number of alkyl halides is 1. The summed E-state index contributed by atoms with van der Waals surface area (Å²) in [4.78, 5) is 11.8. The van der Waals surface area contributed by atoms with Gasteiger partial charge in [0.15, 0.2) is 0 Å². The fourth-order valence-corrected chi connectivity index (χ4v) is 1.89. The summed E-state index contributed by atoms with van der Waals surface area (Å²) in [5.41, 5.74) is 0.0641. The van der Waals surface area contributed by atoms with E-state index in [9.17, 15) is 14.3 Å². The van der Waals surface area contributed by atoms with Gasteiger partial charge in [-0.3, -0.25) is 4.79 Å². The Balaban J connectivity index is 2.45. The molecule has 0 spiro atoms. The molecule has 100 valence electrons. The van der Waals surface area contributed by atoms with Crippen molar-refractivity contribution in [3.8, 4) is 5.75 Å². The number of phenols is 1. The van der Waals surface area contributed by atoms with Gasteiger partial charge >= 0.3 is 0 Å². The molecule has 1 amide bonds. The molecule has 0 aliphatic rings. The molecule has 0 bridgehead atoms. The van der Waals surface area contributed by atoms with Crippen LogP contribution in [0.25, 0.3) is 0 Å². The minimum atomic E-state index is -0.579. The average molecular weight is 320 g/mol. The van der Waals surface area contributed by atoms with E-state index in [0.29, 0.717) is 19.6 Å². The standard InChI is InChI=1S/C12H15BrFNO3/c1-18-7-8(13)4-5-15-12(17)10-3-2-9(14)6-11(10)16/h2-3,6,8,16H,4-5,7H2,1H3,(H,15,17). The van der Waals surface area contributed by atoms with Crippen molar-refractivity contribution >= 4 is 21.8 Å². The van der Waals surface area contributed by atoms with Crippen LogP contribution in [0.4, 0.5) is 4.39 Å². The number of aromatic hydroxyl groups is 1. The first-order chi connectivity index (χ1) is 8.54. The van der Waals surface area contributed by atoms with Crippen LogP contribution in [0.1, 0.15) is 16.8 Å². The lowest BCUT2D eigenvalue weighted by molar-refractivity contribution is 0.0949. The Bertz CT molecular complexity index is 414. The van der Waals surface area contributed by atoms with E-state index in [1.807, 2.05) is 0 Å². The highest BCUT2D eigenvalue weighted by Gasteiger charge is 2.12. The van der Waals surface area contributed by atoms with Crippen molar-refractivity contribution in [2.45, 2.75) is 11.2 Å². The lowest BCUT2D eigenvalue weighted by Crippen LogP contribution is -2.27. The topological polar surface area (TPSA) is 58.6 Å². The Morgan fingerprint density at radius 3 is 2.94 bits per heavy atom. The summed E-state index contributed by atoms with van der Waals surface area (Å²) in [5, 5.41) is 12.1. The van der Waals surface area contributed by atoms with Crippen LogP contribution in [0.5, 0.6) is 5.75 Å². The summed E-state index contributed by atoms with van der Waals surface area (Å²) in [6, 6.07) is 3.29. The van der Waals surface area contributed by atoms with Crippen molar-refractivity contribution in [3.05, 3.63) is 29.6 Å². The number of carbonyl (C=O) groups excluding carboxylic acids is 1. The van der Waals surface area contributed by atoms with Gasteiger partial charge in [0.25, 0.3) is 5.91 Å². The maximum Gasteiger partial charge on any atom is 0.255 e. The molecule has 2 N–H and O–H groups in total. The Labute approximate surface area is 113 Å². The summed E-state index contributed by atoms with van der Waals surface area (Å²) in [6.45, 7) is 0.993. The summed E-state index contributed by atoms with van der Waals surface area (Å²) in [5.74, 6) is -1.37. The van der Waals surface area contributed by atoms with Gasteiger partial charge < -0.3 is 15.2 Å². The van der Waals surface area contributed by atoms with Crippen LogP contribution >= 0.6 is 15.9 Å². The van der Waals surface area contributed by atoms with Crippen LogP contribution in [0.2, 0.25) is 0 Å². The lowest BCUT2D eigenvalue weighted by Gasteiger charge is -2.10. The number of halogens is 2. The number of ether oxygens (including phenoxy) is 1. The number of hydrogen-bond acceptors (Lipinski definition) is 3. The monoisotopic (exact) mass is 319 g/mol. The van der Waals surface area contributed by atoms with E-state index < -0.39 is 11.7 Å². The SMILES string of the molecule is COCC(Br)CCNC(=O)c1ccc(F)cc1O. The molecule has 0 aliphatic heterocycles. The third kappa shape index (κ3) is 4.62. The van der Waals surface area contributed by atoms with Crippen LogP contribution in [0.15, 0.2) is 18.2 Å². The Hall–Kier alpha value is -1.14. The van der Waals surface area contributed by atoms with E-state index >= 15 is 0 Å². The molecule has 1 aromatic rings. The average Bonchev–Trinajstić information content (AvgIpc) is 2.29. The van der Waals surface area contributed by atoms with Gasteiger partial charge in [-0.1, -0.05) is 15.9 Å². The highest BCUT2D eigenvalue weighted by atomic mass is 79.9. The van der Waals surface area contributed by atoms with Gasteiger partial charge in [0.05, 0.1) is 12.2 Å². The predicted molar refractivity (Wildman–Crippen MR) is 69.6 cm³/mol. The van der Waals surface area contributed by atoms with Crippen LogP contribution < -0.4 is 5.32 Å². The maximum atomic E-state index is 12.7. The van der Waals surface area contributed by atoms with Crippen molar-refractivity contribution in [1.82, 2.24) is 5.32 Å². The second-order valence-corrected chi connectivity index (χ2v) is 5.05. The summed E-state index contributed by atoms with van der Waals surface area (Å²) in [7, 11) is 1.60. The van der Waals surface area contributed by atoms with Gasteiger partial charge in [0.1, 0.15) is 11.6 Å². The molecule has 0 saturated carbocycles. The fraction of sp³-hybridized carbons (Fsp3) is 0.417. The highest BCUT2D eigenvalue weighted by Crippen LogP contribution is 2.17. The zero-order valence-corrected chi connectivity index (χ0v) is 11.5. The van der Waals surface area contributed by atoms with E-state index in [4.69, 9.17) is 4.74 Å². The molecule has 1 rings (SSSR count). The Morgan fingerprint density at radius 2 is 2.33 bits per heavy atom. The van der Waals surface area contributed by atoms with E-state index in [2.05, 4.69) is 21.2 Å². The number of carbonyl (C=O) groups is 1. The van der Waals surface area contributed by atoms with E-state index in [1.54, 1.807) is 7.11 Å². The smallest absolute Gasteiger partial charge is 0.255 e. The third-order valence-electron chi connectivity index (χ3n) is 2.30. The van der Waals surface area contributed by atoms with E-state index in [0.717, 1.165) is 12.1 Å². The zero-order valence-electron chi connectivity index (χ0n) is 9.95. The van der Waals surface area contributed by atoms with Crippen LogP contribution in [0.3, 0.4) is 0 Å². The van der Waals surface area contributed by atoms with Crippen molar-refractivity contribution in [2.24, 2.45) is 0 Å². The summed E-state index contributed by atoms with van der Waals surface area (Å²) < 4.78 is 17.7. The van der Waals surface area contributed by atoms with Crippen molar-refractivity contribution in [2.75, 3.05) is 20.3 Å². The van der Waals surface area contributed by atoms with Crippen LogP contribution in [0, 0.1) is 5.82 Å². The second kappa shape index (κ2) is 7.33. The molecular weight excluding hydrogens is 305 g/mol. The van der Waals surface area contributed by atoms with Crippen molar-refractivity contribution in [3.63, 3.8) is 0 Å². The molecule has 6 heteroatoms. The lowest BCUT2D eigenvalue weighted by atomic mass is 10.2. The minimum absolute atomic E-state index is 0.0641. The number of nitrogens with one attached hydrogen (secondary N) is 1. The molecule has 0 fully saturated rings. The van der Waals surface area contributed by atoms with Crippen molar-refractivity contribution in [1.29, 1.82) is 0 Å². The third-order valence-corrected chi connectivity index (χ3v) is 3.02. The molecule has 1 aromatic carbocycles. The van der Waals surface area contributed by atoms with Crippen molar-refractivity contribution < 1.29 is 19.0 Å². The summed E-state index contributed by atoms with van der Waals surface area (Å²) in [6.07, 6.45) is 0.696. The number of amides is 1. The first-order valence-corrected chi connectivity index (χ1v) is 6.36. The first-order valence-electron chi connectivity index (χ1n) is 5.44. The number of phenolic OH excluding ortho intramolecular Hbond substituents is 1. The number of hydrogen-bond donors (Lipinski definition) is 2. The quantitative estimate of drug-likeness (QED) is 0.789. The Morgan fingerprint density at radius 1 is 1.61 bits per heavy atom. The second-order valence-electron chi connectivity index (χ2n) is 3.76. The molecule has 1 unspecified atom stereocenters. The molecule has 0 aromatic heterocycles. The van der Waals surface area contributed by atoms with Gasteiger partial charge in [-0.25, -0.2) is 4.39 Å². The molecule has 0 aliphatic carbocycles. The van der Waals surface area contributed by atoms with Gasteiger partial charge in [0, 0.05) is 24.5 Å². The largest absolute Gasteiger partial charge is 0.507 e. The summed E-state index contributed by atoms with van der Waals surface area (Å²) >= 11 is 3.39. The molecule has 0 heterocycles. The van der Waals surface area contributed by atoms with Gasteiger partial charge in [-0.2, -0.15) is 0 Å². The van der Waals surface area contributed by atoms with Crippen LogP contribution in [-0.2, 0) is 4.74 Å². The normalized spacial score (nSPS) is 12.2. The molecule has 0 saturated heterocycles. The van der Waals surface area contributed by atoms with E-state index in [1.165, 1.54) is 6.07 Å².